The molecule has 0 bridgehead atoms. The van der Waals surface area contributed by atoms with E-state index in [1.165, 1.54) is 44.6 Å². The average Bonchev–Trinajstić information content (AvgIpc) is 3.05. The minimum absolute atomic E-state index is 0.0253. The second-order valence-electron chi connectivity index (χ2n) is 9.17. The topological polar surface area (TPSA) is 81.2 Å². The molecular formula is C24H40N2O4. The van der Waals surface area contributed by atoms with Gasteiger partial charge in [-0.15, -0.1) is 0 Å². The van der Waals surface area contributed by atoms with Crippen molar-refractivity contribution in [2.45, 2.75) is 97.4 Å². The maximum atomic E-state index is 12.1. The quantitative estimate of drug-likeness (QED) is 0.350. The van der Waals surface area contributed by atoms with E-state index in [9.17, 15) is 14.4 Å². The van der Waals surface area contributed by atoms with Crippen LogP contribution in [0.5, 0.6) is 0 Å². The molecule has 6 nitrogen and oxygen atoms in total. The Morgan fingerprint density at radius 1 is 0.967 bits per heavy atom. The number of hydrogen-bond donors (Lipinski definition) is 1. The molecule has 1 aromatic heterocycles. The zero-order valence-electron chi connectivity index (χ0n) is 18.9. The fraction of sp³-hybridized carbons (Fsp3) is 0.792. The lowest BCUT2D eigenvalue weighted by molar-refractivity contribution is -0.149. The molecule has 6 heteroatoms. The number of carbonyl (C=O) groups excluding carboxylic acids is 1. The van der Waals surface area contributed by atoms with E-state index in [-0.39, 0.29) is 23.1 Å². The molecule has 3 unspecified atom stereocenters. The predicted octanol–water partition coefficient (Wildman–Crippen LogP) is 4.66. The molecule has 1 aliphatic carbocycles. The Bertz CT molecular complexity index is 739. The summed E-state index contributed by atoms with van der Waals surface area (Å²) in [6.45, 7) is 5.64. The monoisotopic (exact) mass is 420 g/mol. The lowest BCUT2D eigenvalue weighted by Crippen LogP contribution is -2.28. The molecule has 0 aliphatic heterocycles. The van der Waals surface area contributed by atoms with Crippen molar-refractivity contribution in [1.29, 1.82) is 0 Å². The number of hydrogen-bond acceptors (Lipinski definition) is 4. The molecule has 1 fully saturated rings. The molecule has 2 rings (SSSR count). The second kappa shape index (κ2) is 13.5. The first-order chi connectivity index (χ1) is 14.5. The molecule has 0 aromatic carbocycles. The van der Waals surface area contributed by atoms with Gasteiger partial charge in [0, 0.05) is 18.8 Å². The first kappa shape index (κ1) is 24.4. The summed E-state index contributed by atoms with van der Waals surface area (Å²) in [7, 11) is 0. The van der Waals surface area contributed by atoms with E-state index in [4.69, 9.17) is 4.74 Å². The van der Waals surface area contributed by atoms with Crippen LogP contribution < -0.4 is 11.2 Å². The number of unbranched alkanes of at least 4 members (excludes halogenated alkanes) is 9. The number of rotatable bonds is 14. The van der Waals surface area contributed by atoms with Crippen LogP contribution in [0, 0.1) is 17.8 Å². The maximum absolute atomic E-state index is 12.1. The lowest BCUT2D eigenvalue weighted by Gasteiger charge is -2.14. The van der Waals surface area contributed by atoms with Crippen molar-refractivity contribution >= 4 is 5.97 Å². The highest BCUT2D eigenvalue weighted by Crippen LogP contribution is 2.36. The van der Waals surface area contributed by atoms with Crippen LogP contribution >= 0.6 is 0 Å². The number of carbonyl (C=O) groups is 1. The van der Waals surface area contributed by atoms with Crippen LogP contribution in [0.1, 0.15) is 90.9 Å². The summed E-state index contributed by atoms with van der Waals surface area (Å²) in [5.41, 5.74) is -0.661. The molecule has 1 aliphatic rings. The average molecular weight is 421 g/mol. The molecule has 0 amide bonds. The molecule has 1 heterocycles. The summed E-state index contributed by atoms with van der Waals surface area (Å²) >= 11 is 0. The number of aryl methyl sites for hydroxylation is 1. The number of nitrogens with zero attached hydrogens (tertiary/aromatic N) is 1. The molecule has 0 radical (unpaired) electrons. The summed E-state index contributed by atoms with van der Waals surface area (Å²) < 4.78 is 7.06. The normalized spacial score (nSPS) is 21.1. The van der Waals surface area contributed by atoms with E-state index in [2.05, 4.69) is 18.8 Å². The first-order valence-corrected chi connectivity index (χ1v) is 11.9. The SMILES string of the molecule is CC1CC(C)C(C(=O)OCCCCCCCCCCCCn2ccc(=O)[nH]c2=O)C1. The van der Waals surface area contributed by atoms with Crippen LogP contribution in [0.2, 0.25) is 0 Å². The highest BCUT2D eigenvalue weighted by atomic mass is 16.5. The Morgan fingerprint density at radius 2 is 1.57 bits per heavy atom. The molecule has 3 atom stereocenters. The zero-order valence-corrected chi connectivity index (χ0v) is 18.9. The highest BCUT2D eigenvalue weighted by Gasteiger charge is 2.34. The number of esters is 1. The van der Waals surface area contributed by atoms with Crippen molar-refractivity contribution in [1.82, 2.24) is 9.55 Å². The molecular weight excluding hydrogens is 380 g/mol. The van der Waals surface area contributed by atoms with Crippen LogP contribution in [0.15, 0.2) is 21.9 Å². The smallest absolute Gasteiger partial charge is 0.328 e. The highest BCUT2D eigenvalue weighted by molar-refractivity contribution is 5.73. The Kier molecular flexibility index (Phi) is 11.0. The Labute approximate surface area is 180 Å². The van der Waals surface area contributed by atoms with Crippen LogP contribution in [-0.2, 0) is 16.1 Å². The standard InChI is InChI=1S/C24H40N2O4/c1-19-17-20(2)21(18-19)23(28)30-16-12-10-8-6-4-3-5-7-9-11-14-26-15-13-22(27)25-24(26)29/h13,15,19-21H,3-12,14,16-18H2,1-2H3,(H,25,27,29). The van der Waals surface area contributed by atoms with Crippen molar-refractivity contribution in [3.05, 3.63) is 33.1 Å². The van der Waals surface area contributed by atoms with Crippen LogP contribution in [0.4, 0.5) is 0 Å². The third kappa shape index (κ3) is 8.88. The van der Waals surface area contributed by atoms with Gasteiger partial charge in [-0.3, -0.25) is 14.6 Å². The Hall–Kier alpha value is -1.85. The first-order valence-electron chi connectivity index (χ1n) is 11.9. The van der Waals surface area contributed by atoms with Gasteiger partial charge < -0.3 is 9.30 Å². The van der Waals surface area contributed by atoms with Gasteiger partial charge in [0.15, 0.2) is 0 Å². The Balaban J connectivity index is 1.36. The van der Waals surface area contributed by atoms with Gasteiger partial charge in [-0.25, -0.2) is 4.79 Å². The number of H-pyrrole nitrogens is 1. The second-order valence-corrected chi connectivity index (χ2v) is 9.17. The van der Waals surface area contributed by atoms with Gasteiger partial charge in [-0.05, 0) is 37.5 Å². The van der Waals surface area contributed by atoms with Crippen LogP contribution in [-0.4, -0.2) is 22.1 Å². The van der Waals surface area contributed by atoms with Crippen molar-refractivity contribution in [3.63, 3.8) is 0 Å². The third-order valence-corrected chi connectivity index (χ3v) is 6.35. The van der Waals surface area contributed by atoms with Crippen molar-refractivity contribution in [3.8, 4) is 0 Å². The van der Waals surface area contributed by atoms with E-state index in [0.29, 0.717) is 25.0 Å². The lowest BCUT2D eigenvalue weighted by atomic mass is 9.99. The molecule has 1 N–H and O–H groups in total. The summed E-state index contributed by atoms with van der Waals surface area (Å²) in [4.78, 5) is 37.0. The van der Waals surface area contributed by atoms with Crippen LogP contribution in [0.3, 0.4) is 0 Å². The van der Waals surface area contributed by atoms with Gasteiger partial charge >= 0.3 is 11.7 Å². The molecule has 0 saturated heterocycles. The van der Waals surface area contributed by atoms with Gasteiger partial charge in [-0.1, -0.05) is 65.2 Å². The van der Waals surface area contributed by atoms with Gasteiger partial charge in [-0.2, -0.15) is 0 Å². The largest absolute Gasteiger partial charge is 0.465 e. The predicted molar refractivity (Wildman–Crippen MR) is 120 cm³/mol. The minimum Gasteiger partial charge on any atom is -0.465 e. The number of aromatic nitrogens is 2. The number of ether oxygens (including phenoxy) is 1. The van der Waals surface area contributed by atoms with Crippen LogP contribution in [0.25, 0.3) is 0 Å². The van der Waals surface area contributed by atoms with E-state index >= 15 is 0 Å². The fourth-order valence-electron chi connectivity index (χ4n) is 4.59. The summed E-state index contributed by atoms with van der Waals surface area (Å²) in [5, 5.41) is 0. The Morgan fingerprint density at radius 3 is 2.13 bits per heavy atom. The van der Waals surface area contributed by atoms with Gasteiger partial charge in [0.25, 0.3) is 5.56 Å². The van der Waals surface area contributed by atoms with Gasteiger partial charge in [0.2, 0.25) is 0 Å². The van der Waals surface area contributed by atoms with E-state index < -0.39 is 0 Å². The molecule has 0 spiro atoms. The fourth-order valence-corrected chi connectivity index (χ4v) is 4.59. The van der Waals surface area contributed by atoms with Gasteiger partial charge in [0.1, 0.15) is 0 Å². The maximum Gasteiger partial charge on any atom is 0.328 e. The van der Waals surface area contributed by atoms with E-state index in [0.717, 1.165) is 38.5 Å². The summed E-state index contributed by atoms with van der Waals surface area (Å²) in [6.07, 6.45) is 15.3. The van der Waals surface area contributed by atoms with Crippen molar-refractivity contribution < 1.29 is 9.53 Å². The van der Waals surface area contributed by atoms with Crippen molar-refractivity contribution in [2.75, 3.05) is 6.61 Å². The molecule has 1 saturated carbocycles. The summed E-state index contributed by atoms with van der Waals surface area (Å²) in [6, 6.07) is 1.39. The number of nitrogens with one attached hydrogen (secondary N) is 1. The molecule has 170 valence electrons. The molecule has 30 heavy (non-hydrogen) atoms. The van der Waals surface area contributed by atoms with E-state index in [1.807, 2.05) is 0 Å². The van der Waals surface area contributed by atoms with E-state index in [1.54, 1.807) is 10.8 Å². The minimum atomic E-state index is -0.342. The zero-order chi connectivity index (χ0) is 21.8. The summed E-state index contributed by atoms with van der Waals surface area (Å²) in [5.74, 6) is 1.27. The third-order valence-electron chi connectivity index (χ3n) is 6.35. The molecule has 1 aromatic rings. The van der Waals surface area contributed by atoms with Crippen molar-refractivity contribution in [2.24, 2.45) is 17.8 Å². The van der Waals surface area contributed by atoms with Gasteiger partial charge in [0.05, 0.1) is 12.5 Å². The number of aromatic amines is 1.